The van der Waals surface area contributed by atoms with Crippen LogP contribution in [0.3, 0.4) is 0 Å². The zero-order valence-corrected chi connectivity index (χ0v) is 19.4. The number of benzene rings is 2. The first kappa shape index (κ1) is 21.6. The molecule has 0 aliphatic heterocycles. The molecule has 3 atom stereocenters. The van der Waals surface area contributed by atoms with Gasteiger partial charge in [0.05, 0.1) is 0 Å². The zero-order valence-electron chi connectivity index (χ0n) is 16.3. The van der Waals surface area contributed by atoms with Gasteiger partial charge in [-0.1, -0.05) is 54.8 Å². The van der Waals surface area contributed by atoms with Crippen LogP contribution in [0.5, 0.6) is 5.75 Å². The largest absolute Gasteiger partial charge is 0.507 e. The second-order valence-electron chi connectivity index (χ2n) is 7.34. The lowest BCUT2D eigenvalue weighted by atomic mass is 9.89. The molecule has 0 amide bonds. The molecule has 4 heteroatoms. The van der Waals surface area contributed by atoms with Gasteiger partial charge in [0.15, 0.2) is 0 Å². The number of halogens is 2. The van der Waals surface area contributed by atoms with Crippen molar-refractivity contribution in [3.8, 4) is 5.75 Å². The minimum absolute atomic E-state index is 0.141. The van der Waals surface area contributed by atoms with E-state index in [9.17, 15) is 9.50 Å². The van der Waals surface area contributed by atoms with Gasteiger partial charge in [-0.15, -0.1) is 0 Å². The summed E-state index contributed by atoms with van der Waals surface area (Å²) in [6, 6.07) is 9.44. The van der Waals surface area contributed by atoms with Gasteiger partial charge in [-0.3, -0.25) is 0 Å². The van der Waals surface area contributed by atoms with Crippen LogP contribution < -0.4 is 5.30 Å². The Morgan fingerprint density at radius 2 is 1.96 bits per heavy atom. The van der Waals surface area contributed by atoms with Gasteiger partial charge in [0.25, 0.3) is 0 Å². The Balaban J connectivity index is 2.61. The molecule has 0 spiro atoms. The van der Waals surface area contributed by atoms with E-state index in [1.54, 1.807) is 12.1 Å². The highest BCUT2D eigenvalue weighted by atomic mass is 127. The Bertz CT molecular complexity index is 757. The molecule has 0 saturated heterocycles. The Morgan fingerprint density at radius 1 is 1.27 bits per heavy atom. The third-order valence-corrected chi connectivity index (χ3v) is 7.79. The zero-order chi connectivity index (χ0) is 19.5. The maximum absolute atomic E-state index is 14.5. The number of rotatable bonds is 7. The van der Waals surface area contributed by atoms with Crippen LogP contribution in [0.2, 0.25) is 0 Å². The summed E-state index contributed by atoms with van der Waals surface area (Å²) >= 11 is 2.33. The first-order chi connectivity index (χ1) is 12.2. The van der Waals surface area contributed by atoms with Crippen LogP contribution in [-0.4, -0.2) is 5.11 Å². The van der Waals surface area contributed by atoms with Gasteiger partial charge in [-0.25, -0.2) is 4.39 Å². The highest BCUT2D eigenvalue weighted by Gasteiger charge is 2.32. The molecular weight excluding hydrogens is 457 g/mol. The fraction of sp³-hybridized carbons (Fsp3) is 0.455. The van der Waals surface area contributed by atoms with Crippen molar-refractivity contribution >= 4 is 36.5 Å². The summed E-state index contributed by atoms with van der Waals surface area (Å²) in [7, 11) is 0.275. The molecule has 0 aliphatic carbocycles. The highest BCUT2D eigenvalue weighted by Crippen LogP contribution is 2.50. The smallest absolute Gasteiger partial charge is 0.130 e. The summed E-state index contributed by atoms with van der Waals surface area (Å²) in [6.07, 6.45) is 2.87. The number of aromatic hydroxyl groups is 1. The first-order valence-corrected chi connectivity index (χ1v) is 11.4. The van der Waals surface area contributed by atoms with E-state index in [2.05, 4.69) is 62.4 Å². The van der Waals surface area contributed by atoms with Crippen molar-refractivity contribution in [1.29, 1.82) is 0 Å². The molecule has 0 aliphatic rings. The van der Waals surface area contributed by atoms with Gasteiger partial charge in [-0.2, -0.15) is 0 Å². The van der Waals surface area contributed by atoms with E-state index in [1.165, 1.54) is 0 Å². The van der Waals surface area contributed by atoms with Crippen LogP contribution in [-0.2, 0) is 5.16 Å². The maximum Gasteiger partial charge on any atom is 0.130 e. The predicted molar refractivity (Wildman–Crippen MR) is 121 cm³/mol. The predicted octanol–water partition coefficient (Wildman–Crippen LogP) is 6.98. The summed E-state index contributed by atoms with van der Waals surface area (Å²) in [5, 5.41) is 11.6. The third kappa shape index (κ3) is 4.59. The summed E-state index contributed by atoms with van der Waals surface area (Å²) in [4.78, 5) is 0. The minimum Gasteiger partial charge on any atom is -0.507 e. The maximum atomic E-state index is 14.5. The van der Waals surface area contributed by atoms with Crippen molar-refractivity contribution in [3.63, 3.8) is 0 Å². The fourth-order valence-corrected chi connectivity index (χ4v) is 5.85. The van der Waals surface area contributed by atoms with E-state index in [0.717, 1.165) is 44.8 Å². The molecule has 142 valence electrons. The van der Waals surface area contributed by atoms with Gasteiger partial charge >= 0.3 is 0 Å². The number of aryl methyl sites for hydroxylation is 1. The summed E-state index contributed by atoms with van der Waals surface area (Å²) in [5.74, 6) is 0.558. The van der Waals surface area contributed by atoms with Crippen molar-refractivity contribution < 1.29 is 9.50 Å². The van der Waals surface area contributed by atoms with Crippen LogP contribution in [0.25, 0.3) is 0 Å². The molecule has 2 rings (SSSR count). The quantitative estimate of drug-likeness (QED) is 0.331. The van der Waals surface area contributed by atoms with E-state index in [-0.39, 0.29) is 19.6 Å². The SMILES string of the molecule is CCCC(C)(Pc1c(C)cccc1F)c1cc(I)cc(C(C)CC)c1O. The molecule has 2 aromatic carbocycles. The normalized spacial score (nSPS) is 15.3. The summed E-state index contributed by atoms with van der Waals surface area (Å²) in [5.41, 5.74) is 2.95. The molecule has 3 unspecified atom stereocenters. The molecule has 26 heavy (non-hydrogen) atoms. The lowest BCUT2D eigenvalue weighted by molar-refractivity contribution is 0.441. The van der Waals surface area contributed by atoms with Crippen molar-refractivity contribution in [3.05, 3.63) is 56.4 Å². The molecule has 1 N–H and O–H groups in total. The highest BCUT2D eigenvalue weighted by molar-refractivity contribution is 14.1. The molecule has 0 heterocycles. The second kappa shape index (κ2) is 9.01. The molecule has 2 aromatic rings. The molecule has 0 saturated carbocycles. The number of hydrogen-bond acceptors (Lipinski definition) is 1. The summed E-state index contributed by atoms with van der Waals surface area (Å²) in [6.45, 7) is 10.6. The fourth-order valence-electron chi connectivity index (χ4n) is 3.47. The molecule has 0 aromatic heterocycles. The molecule has 0 fully saturated rings. The Hall–Kier alpha value is -0.670. The van der Waals surface area contributed by atoms with Crippen molar-refractivity contribution in [2.45, 2.75) is 65.0 Å². The topological polar surface area (TPSA) is 20.2 Å². The molecule has 0 bridgehead atoms. The second-order valence-corrected chi connectivity index (χ2v) is 10.4. The minimum atomic E-state index is -0.283. The van der Waals surface area contributed by atoms with E-state index in [0.29, 0.717) is 11.7 Å². The Kier molecular flexibility index (Phi) is 7.50. The molecule has 1 nitrogen and oxygen atoms in total. The van der Waals surface area contributed by atoms with Gasteiger partial charge in [0.1, 0.15) is 11.6 Å². The van der Waals surface area contributed by atoms with Crippen molar-refractivity contribution in [1.82, 2.24) is 0 Å². The lowest BCUT2D eigenvalue weighted by Crippen LogP contribution is -2.22. The van der Waals surface area contributed by atoms with Crippen LogP contribution in [0.1, 0.15) is 69.6 Å². The monoisotopic (exact) mass is 486 g/mol. The van der Waals surface area contributed by atoms with Crippen molar-refractivity contribution in [2.24, 2.45) is 0 Å². The molecule has 0 radical (unpaired) electrons. The first-order valence-electron chi connectivity index (χ1n) is 9.29. The van der Waals surface area contributed by atoms with E-state index in [4.69, 9.17) is 0 Å². The van der Waals surface area contributed by atoms with Crippen LogP contribution in [0, 0.1) is 16.3 Å². The van der Waals surface area contributed by atoms with E-state index >= 15 is 0 Å². The van der Waals surface area contributed by atoms with Gasteiger partial charge in [-0.05, 0) is 77.6 Å². The van der Waals surface area contributed by atoms with Crippen LogP contribution in [0.4, 0.5) is 4.39 Å². The molecular formula is C22H29FIOP. The average Bonchev–Trinajstić information content (AvgIpc) is 2.59. The van der Waals surface area contributed by atoms with Crippen LogP contribution in [0.15, 0.2) is 30.3 Å². The standard InChI is InChI=1S/C22H29FIOP/c1-6-11-22(5,26-21-15(4)9-8-10-19(21)23)18-13-16(24)12-17(20(18)25)14(3)7-2/h8-10,12-14,25-26H,6-7,11H2,1-5H3. The van der Waals surface area contributed by atoms with Crippen molar-refractivity contribution in [2.75, 3.05) is 0 Å². The lowest BCUT2D eigenvalue weighted by Gasteiger charge is -2.33. The van der Waals surface area contributed by atoms with E-state index in [1.807, 2.05) is 13.0 Å². The van der Waals surface area contributed by atoms with E-state index < -0.39 is 0 Å². The van der Waals surface area contributed by atoms with Gasteiger partial charge in [0.2, 0.25) is 0 Å². The van der Waals surface area contributed by atoms with Crippen LogP contribution >= 0.6 is 31.2 Å². The number of phenols is 1. The summed E-state index contributed by atoms with van der Waals surface area (Å²) < 4.78 is 15.6. The number of hydrogen-bond donors (Lipinski definition) is 1. The van der Waals surface area contributed by atoms with Gasteiger partial charge < -0.3 is 5.11 Å². The average molecular weight is 486 g/mol. The Morgan fingerprint density at radius 3 is 2.54 bits per heavy atom. The number of phenolic OH excluding ortho intramolecular Hbond substituents is 1. The third-order valence-electron chi connectivity index (χ3n) is 5.21. The van der Waals surface area contributed by atoms with Gasteiger partial charge in [0, 0.05) is 19.6 Å². The Labute approximate surface area is 172 Å².